The minimum Gasteiger partial charge on any atom is -0.493 e. The average molecular weight is 644 g/mol. The molecule has 14 nitrogen and oxygen atoms in total. The zero-order valence-electron chi connectivity index (χ0n) is 26.1. The molecule has 1 N–H and O–H groups in total. The summed E-state index contributed by atoms with van der Waals surface area (Å²) in [6.45, 7) is 4.93. The van der Waals surface area contributed by atoms with Crippen molar-refractivity contribution in [1.29, 1.82) is 0 Å². The van der Waals surface area contributed by atoms with Crippen LogP contribution in [0.25, 0.3) is 0 Å². The van der Waals surface area contributed by atoms with E-state index in [-0.39, 0.29) is 35.6 Å². The number of amides is 1. The second-order valence-corrected chi connectivity index (χ2v) is 10.6. The number of hydrogen-bond acceptors (Lipinski definition) is 13. The summed E-state index contributed by atoms with van der Waals surface area (Å²) in [6.07, 6.45) is -6.34. The molecule has 46 heavy (non-hydrogen) atoms. The Labute approximate surface area is 265 Å². The summed E-state index contributed by atoms with van der Waals surface area (Å²) in [5.41, 5.74) is 2.47. The van der Waals surface area contributed by atoms with Crippen LogP contribution >= 0.6 is 0 Å². The van der Waals surface area contributed by atoms with Crippen LogP contribution in [0.3, 0.4) is 0 Å². The van der Waals surface area contributed by atoms with Crippen LogP contribution in [-0.2, 0) is 54.0 Å². The molecule has 4 rings (SSSR count). The Hall–Kier alpha value is -4.69. The Kier molecular flexibility index (Phi) is 11.6. The molecule has 14 heteroatoms. The number of ether oxygens (including phenoxy) is 8. The summed E-state index contributed by atoms with van der Waals surface area (Å²) >= 11 is 0. The Morgan fingerprint density at radius 3 is 2.17 bits per heavy atom. The first-order valence-electron chi connectivity index (χ1n) is 14.6. The van der Waals surface area contributed by atoms with Crippen molar-refractivity contribution < 1.29 is 61.9 Å². The third kappa shape index (κ3) is 8.73. The van der Waals surface area contributed by atoms with Gasteiger partial charge in [-0.05, 0) is 35.7 Å². The van der Waals surface area contributed by atoms with Crippen molar-refractivity contribution in [1.82, 2.24) is 5.32 Å². The molecule has 0 aliphatic carbocycles. The Morgan fingerprint density at radius 2 is 1.50 bits per heavy atom. The lowest BCUT2D eigenvalue weighted by Gasteiger charge is -2.44. The number of fused-ring (bicyclic) bond motifs is 1. The second-order valence-electron chi connectivity index (χ2n) is 10.6. The molecule has 1 saturated heterocycles. The third-order valence-electron chi connectivity index (χ3n) is 7.16. The van der Waals surface area contributed by atoms with Gasteiger partial charge in [-0.25, -0.2) is 0 Å². The van der Waals surface area contributed by atoms with Gasteiger partial charge in [0.15, 0.2) is 23.7 Å². The van der Waals surface area contributed by atoms with Crippen LogP contribution in [0.2, 0.25) is 0 Å². The molecule has 0 saturated carbocycles. The molecule has 0 radical (unpaired) electrons. The van der Waals surface area contributed by atoms with Crippen molar-refractivity contribution in [2.75, 3.05) is 26.9 Å². The highest BCUT2D eigenvalue weighted by Crippen LogP contribution is 2.35. The molecule has 6 atom stereocenters. The van der Waals surface area contributed by atoms with Crippen molar-refractivity contribution in [3.05, 3.63) is 59.2 Å². The second kappa shape index (κ2) is 15.5. The smallest absolute Gasteiger partial charge is 0.303 e. The molecular formula is C32H37NO13. The lowest BCUT2D eigenvalue weighted by Crippen LogP contribution is -2.63. The van der Waals surface area contributed by atoms with E-state index in [0.717, 1.165) is 32.8 Å². The van der Waals surface area contributed by atoms with E-state index in [0.29, 0.717) is 6.61 Å². The maximum absolute atomic E-state index is 13.1. The van der Waals surface area contributed by atoms with Gasteiger partial charge in [0.1, 0.15) is 18.8 Å². The Balaban J connectivity index is 1.57. The maximum Gasteiger partial charge on any atom is 0.303 e. The maximum atomic E-state index is 13.1. The SMILES string of the molecule is COc1cc(C(=O)NC[C@H]2OCCc3ccccc32)ccc1O[C@H]1O[C@@H](COC(C)=O)[C@H](OC(C)=O)[C@@H](OC(C)=O)[C@@H]1OC(C)=O. The predicted molar refractivity (Wildman–Crippen MR) is 157 cm³/mol. The van der Waals surface area contributed by atoms with Crippen molar-refractivity contribution in [3.8, 4) is 11.5 Å². The van der Waals surface area contributed by atoms with E-state index in [2.05, 4.69) is 5.32 Å². The number of rotatable bonds is 11. The summed E-state index contributed by atoms with van der Waals surface area (Å²) in [7, 11) is 1.36. The van der Waals surface area contributed by atoms with Gasteiger partial charge >= 0.3 is 23.9 Å². The van der Waals surface area contributed by atoms with Crippen LogP contribution < -0.4 is 14.8 Å². The number of hydrogen-bond donors (Lipinski definition) is 1. The van der Waals surface area contributed by atoms with Gasteiger partial charge in [0, 0.05) is 39.8 Å². The van der Waals surface area contributed by atoms with E-state index >= 15 is 0 Å². The number of methoxy groups -OCH3 is 1. The van der Waals surface area contributed by atoms with E-state index in [1.165, 1.54) is 37.8 Å². The van der Waals surface area contributed by atoms with Crippen LogP contribution in [0, 0.1) is 0 Å². The monoisotopic (exact) mass is 643 g/mol. The first kappa shape index (κ1) is 34.2. The number of benzene rings is 2. The standard InChI is InChI=1S/C32H37NO13/c1-17(34)41-16-27-28(42-18(2)35)29(43-19(3)36)30(44-20(4)37)32(46-27)45-24-11-10-22(14-25(24)39-5)31(38)33-15-26-23-9-7-6-8-21(23)12-13-40-26/h6-11,14,26-30,32H,12-13,15-16H2,1-5H3,(H,33,38)/t26-,27+,28+,29-,30+,32+/m1/s1. The van der Waals surface area contributed by atoms with Crippen molar-refractivity contribution in [3.63, 3.8) is 0 Å². The van der Waals surface area contributed by atoms with Gasteiger partial charge in [0.2, 0.25) is 12.4 Å². The van der Waals surface area contributed by atoms with Gasteiger partial charge < -0.3 is 43.2 Å². The molecule has 2 aromatic rings. The predicted octanol–water partition coefficient (Wildman–Crippen LogP) is 2.20. The highest BCUT2D eigenvalue weighted by atomic mass is 16.7. The Bertz CT molecular complexity index is 1440. The molecule has 2 aliphatic rings. The largest absolute Gasteiger partial charge is 0.493 e. The molecule has 0 spiro atoms. The zero-order chi connectivity index (χ0) is 33.4. The summed E-state index contributed by atoms with van der Waals surface area (Å²) in [5.74, 6) is -3.14. The molecule has 0 unspecified atom stereocenters. The van der Waals surface area contributed by atoms with E-state index in [1.54, 1.807) is 0 Å². The molecular weight excluding hydrogens is 606 g/mol. The molecule has 2 aliphatic heterocycles. The van der Waals surface area contributed by atoms with Crippen molar-refractivity contribution >= 4 is 29.8 Å². The van der Waals surface area contributed by atoms with Crippen LogP contribution in [0.5, 0.6) is 11.5 Å². The number of carbonyl (C=O) groups excluding carboxylic acids is 5. The average Bonchev–Trinajstić information content (AvgIpc) is 3.01. The van der Waals surface area contributed by atoms with Gasteiger partial charge in [-0.1, -0.05) is 24.3 Å². The van der Waals surface area contributed by atoms with E-state index in [9.17, 15) is 24.0 Å². The van der Waals surface area contributed by atoms with E-state index in [1.807, 2.05) is 24.3 Å². The fourth-order valence-electron chi connectivity index (χ4n) is 5.25. The summed E-state index contributed by atoms with van der Waals surface area (Å²) < 4.78 is 44.8. The van der Waals surface area contributed by atoms with Gasteiger partial charge in [-0.3, -0.25) is 24.0 Å². The van der Waals surface area contributed by atoms with Crippen LogP contribution in [0.15, 0.2) is 42.5 Å². The summed E-state index contributed by atoms with van der Waals surface area (Å²) in [4.78, 5) is 60.9. The highest BCUT2D eigenvalue weighted by molar-refractivity contribution is 5.95. The number of nitrogens with one attached hydrogen (secondary N) is 1. The van der Waals surface area contributed by atoms with Gasteiger partial charge in [-0.15, -0.1) is 0 Å². The van der Waals surface area contributed by atoms with Crippen molar-refractivity contribution in [2.45, 2.75) is 70.9 Å². The van der Waals surface area contributed by atoms with E-state index < -0.39 is 61.2 Å². The first-order valence-corrected chi connectivity index (χ1v) is 14.6. The third-order valence-corrected chi connectivity index (χ3v) is 7.16. The van der Waals surface area contributed by atoms with Crippen LogP contribution in [0.1, 0.15) is 55.3 Å². The minimum absolute atomic E-state index is 0.0736. The van der Waals surface area contributed by atoms with Crippen LogP contribution in [-0.4, -0.2) is 87.4 Å². The highest BCUT2D eigenvalue weighted by Gasteiger charge is 2.53. The quantitative estimate of drug-likeness (QED) is 0.279. The molecule has 1 amide bonds. The summed E-state index contributed by atoms with van der Waals surface area (Å²) in [6, 6.07) is 12.3. The minimum atomic E-state index is -1.47. The molecule has 2 heterocycles. The van der Waals surface area contributed by atoms with Gasteiger partial charge in [0.25, 0.3) is 5.91 Å². The zero-order valence-corrected chi connectivity index (χ0v) is 26.1. The lowest BCUT2D eigenvalue weighted by molar-refractivity contribution is -0.288. The topological polar surface area (TPSA) is 171 Å². The fraction of sp³-hybridized carbons (Fsp3) is 0.469. The van der Waals surface area contributed by atoms with E-state index in [4.69, 9.17) is 37.9 Å². The molecule has 0 aromatic heterocycles. The normalized spacial score (nSPS) is 23.6. The fourth-order valence-corrected chi connectivity index (χ4v) is 5.25. The molecule has 2 aromatic carbocycles. The first-order chi connectivity index (χ1) is 22.0. The van der Waals surface area contributed by atoms with Crippen LogP contribution in [0.4, 0.5) is 0 Å². The van der Waals surface area contributed by atoms with Gasteiger partial charge in [-0.2, -0.15) is 0 Å². The molecule has 1 fully saturated rings. The molecule has 248 valence electrons. The lowest BCUT2D eigenvalue weighted by atomic mass is 9.97. The van der Waals surface area contributed by atoms with Crippen molar-refractivity contribution in [2.24, 2.45) is 0 Å². The summed E-state index contributed by atoms with van der Waals surface area (Å²) in [5, 5.41) is 2.89. The molecule has 0 bridgehead atoms. The number of carbonyl (C=O) groups is 5. The van der Waals surface area contributed by atoms with Gasteiger partial charge in [0.05, 0.1) is 13.7 Å². The Morgan fingerprint density at radius 1 is 0.826 bits per heavy atom. The number of esters is 4.